The van der Waals surface area contributed by atoms with Crippen LogP contribution in [0.25, 0.3) is 0 Å². The minimum Gasteiger partial charge on any atom is -0.322 e. The monoisotopic (exact) mass is 253 g/mol. The van der Waals surface area contributed by atoms with Gasteiger partial charge in [-0.15, -0.1) is 0 Å². The smallest absolute Gasteiger partial charge is 0.221 e. The van der Waals surface area contributed by atoms with Gasteiger partial charge in [-0.3, -0.25) is 9.48 Å². The van der Waals surface area contributed by atoms with E-state index in [0.717, 1.165) is 11.3 Å². The lowest BCUT2D eigenvalue weighted by molar-refractivity contribution is -0.114. The summed E-state index contributed by atoms with van der Waals surface area (Å²) in [5.41, 5.74) is 3.07. The largest absolute Gasteiger partial charge is 0.322 e. The molecule has 0 unspecified atom stereocenters. The molecule has 2 aromatic rings. The van der Waals surface area contributed by atoms with Crippen molar-refractivity contribution < 1.29 is 4.79 Å². The molecule has 96 valence electrons. The van der Waals surface area contributed by atoms with Crippen molar-refractivity contribution in [3.05, 3.63) is 47.3 Å². The highest BCUT2D eigenvalue weighted by Gasteiger charge is 2.12. The molecule has 0 atom stereocenters. The average molecular weight is 253 g/mol. The Labute approximate surface area is 112 Å². The van der Waals surface area contributed by atoms with E-state index in [-0.39, 0.29) is 5.91 Å². The van der Waals surface area contributed by atoms with Gasteiger partial charge in [0.25, 0.3) is 0 Å². The SMILES string of the molecule is CC(=O)Nc1c(C)nn(C)c1C#Cc1ccccc1. The highest BCUT2D eigenvalue weighted by molar-refractivity contribution is 5.90. The van der Waals surface area contributed by atoms with Crippen LogP contribution >= 0.6 is 0 Å². The van der Waals surface area contributed by atoms with E-state index in [2.05, 4.69) is 22.3 Å². The Morgan fingerprint density at radius 2 is 1.95 bits per heavy atom. The molecule has 1 N–H and O–H groups in total. The maximum atomic E-state index is 11.2. The second-order valence-electron chi connectivity index (χ2n) is 4.23. The second-order valence-corrected chi connectivity index (χ2v) is 4.23. The number of amides is 1. The fourth-order valence-electron chi connectivity index (χ4n) is 1.78. The van der Waals surface area contributed by atoms with E-state index in [4.69, 9.17) is 0 Å². The van der Waals surface area contributed by atoms with Crippen molar-refractivity contribution in [2.45, 2.75) is 13.8 Å². The number of hydrogen-bond acceptors (Lipinski definition) is 2. The first-order valence-electron chi connectivity index (χ1n) is 5.96. The van der Waals surface area contributed by atoms with Crippen molar-refractivity contribution >= 4 is 11.6 Å². The highest BCUT2D eigenvalue weighted by atomic mass is 16.1. The minimum absolute atomic E-state index is 0.126. The molecule has 4 heteroatoms. The quantitative estimate of drug-likeness (QED) is 0.791. The first-order valence-corrected chi connectivity index (χ1v) is 5.96. The van der Waals surface area contributed by atoms with Crippen LogP contribution in [-0.4, -0.2) is 15.7 Å². The van der Waals surface area contributed by atoms with Crippen molar-refractivity contribution in [1.82, 2.24) is 9.78 Å². The van der Waals surface area contributed by atoms with Gasteiger partial charge in [0.15, 0.2) is 0 Å². The predicted molar refractivity (Wildman–Crippen MR) is 74.7 cm³/mol. The van der Waals surface area contributed by atoms with Crippen LogP contribution in [0.1, 0.15) is 23.9 Å². The van der Waals surface area contributed by atoms with Crippen LogP contribution in [-0.2, 0) is 11.8 Å². The van der Waals surface area contributed by atoms with Crippen LogP contribution in [0.3, 0.4) is 0 Å². The number of hydrogen-bond donors (Lipinski definition) is 1. The van der Waals surface area contributed by atoms with Crippen LogP contribution in [0.15, 0.2) is 30.3 Å². The molecule has 0 aliphatic heterocycles. The molecule has 4 nitrogen and oxygen atoms in total. The second kappa shape index (κ2) is 5.40. The molecule has 1 aromatic carbocycles. The third kappa shape index (κ3) is 3.02. The van der Waals surface area contributed by atoms with Crippen LogP contribution in [0, 0.1) is 18.8 Å². The summed E-state index contributed by atoms with van der Waals surface area (Å²) in [7, 11) is 1.81. The van der Waals surface area contributed by atoms with Gasteiger partial charge in [0.2, 0.25) is 5.91 Å². The van der Waals surface area contributed by atoms with E-state index in [1.165, 1.54) is 6.92 Å². The van der Waals surface area contributed by atoms with E-state index in [9.17, 15) is 4.79 Å². The molecule has 0 radical (unpaired) electrons. The minimum atomic E-state index is -0.126. The van der Waals surface area contributed by atoms with Crippen molar-refractivity contribution in [3.63, 3.8) is 0 Å². The van der Waals surface area contributed by atoms with Crippen molar-refractivity contribution in [2.24, 2.45) is 7.05 Å². The molecule has 0 spiro atoms. The maximum absolute atomic E-state index is 11.2. The van der Waals surface area contributed by atoms with Crippen molar-refractivity contribution in [2.75, 3.05) is 5.32 Å². The number of aromatic nitrogens is 2. The van der Waals surface area contributed by atoms with E-state index in [1.807, 2.05) is 44.3 Å². The van der Waals surface area contributed by atoms with Gasteiger partial charge in [-0.25, -0.2) is 0 Å². The number of nitrogens with zero attached hydrogens (tertiary/aromatic N) is 2. The summed E-state index contributed by atoms with van der Waals surface area (Å²) in [6.07, 6.45) is 0. The third-order valence-electron chi connectivity index (χ3n) is 2.62. The van der Waals surface area contributed by atoms with Crippen LogP contribution < -0.4 is 5.32 Å². The Morgan fingerprint density at radius 3 is 2.58 bits per heavy atom. The Balaban J connectivity index is 2.40. The molecule has 1 amide bonds. The Hall–Kier alpha value is -2.54. The van der Waals surface area contributed by atoms with E-state index >= 15 is 0 Å². The Kier molecular flexibility index (Phi) is 3.67. The Morgan fingerprint density at radius 1 is 1.26 bits per heavy atom. The van der Waals surface area contributed by atoms with Gasteiger partial charge in [0.05, 0.1) is 11.4 Å². The van der Waals surface area contributed by atoms with E-state index in [0.29, 0.717) is 11.4 Å². The summed E-state index contributed by atoms with van der Waals surface area (Å²) >= 11 is 0. The predicted octanol–water partition coefficient (Wildman–Crippen LogP) is 2.09. The molecule has 0 saturated carbocycles. The number of aryl methyl sites for hydroxylation is 2. The van der Waals surface area contributed by atoms with Crippen LogP contribution in [0.4, 0.5) is 5.69 Å². The van der Waals surface area contributed by atoms with Gasteiger partial charge < -0.3 is 5.32 Å². The van der Waals surface area contributed by atoms with E-state index in [1.54, 1.807) is 4.68 Å². The molecule has 0 aliphatic rings. The summed E-state index contributed by atoms with van der Waals surface area (Å²) < 4.78 is 1.68. The summed E-state index contributed by atoms with van der Waals surface area (Å²) in [5, 5.41) is 7.05. The Bertz CT molecular complexity index is 660. The molecule has 1 aromatic heterocycles. The summed E-state index contributed by atoms with van der Waals surface area (Å²) in [6, 6.07) is 9.70. The van der Waals surface area contributed by atoms with Crippen LogP contribution in [0.2, 0.25) is 0 Å². The lowest BCUT2D eigenvalue weighted by Crippen LogP contribution is -2.08. The normalized spacial score (nSPS) is 9.63. The number of carbonyl (C=O) groups excluding carboxylic acids is 1. The average Bonchev–Trinajstić information content (AvgIpc) is 2.63. The number of nitrogens with one attached hydrogen (secondary N) is 1. The zero-order valence-corrected chi connectivity index (χ0v) is 11.2. The molecule has 2 rings (SSSR count). The molecule has 0 fully saturated rings. The number of carbonyl (C=O) groups is 1. The van der Waals surface area contributed by atoms with Gasteiger partial charge in [0, 0.05) is 19.5 Å². The molecule has 19 heavy (non-hydrogen) atoms. The molecule has 0 saturated heterocycles. The standard InChI is InChI=1S/C15H15N3O/c1-11-15(16-12(2)19)14(18(3)17-11)10-9-13-7-5-4-6-8-13/h4-8H,1-3H3,(H,16,19). The lowest BCUT2D eigenvalue weighted by atomic mass is 10.2. The zero-order valence-electron chi connectivity index (χ0n) is 11.2. The summed E-state index contributed by atoms with van der Waals surface area (Å²) in [4.78, 5) is 11.2. The van der Waals surface area contributed by atoms with Crippen molar-refractivity contribution in [1.29, 1.82) is 0 Å². The number of anilines is 1. The van der Waals surface area contributed by atoms with Crippen LogP contribution in [0.5, 0.6) is 0 Å². The van der Waals surface area contributed by atoms with Gasteiger partial charge in [-0.1, -0.05) is 24.1 Å². The first kappa shape index (κ1) is 12.9. The van der Waals surface area contributed by atoms with E-state index < -0.39 is 0 Å². The third-order valence-corrected chi connectivity index (χ3v) is 2.62. The summed E-state index contributed by atoms with van der Waals surface area (Å²) in [6.45, 7) is 3.32. The fourth-order valence-corrected chi connectivity index (χ4v) is 1.78. The van der Waals surface area contributed by atoms with Gasteiger partial charge in [0.1, 0.15) is 5.69 Å². The van der Waals surface area contributed by atoms with Gasteiger partial charge in [-0.2, -0.15) is 5.10 Å². The number of rotatable bonds is 1. The lowest BCUT2D eigenvalue weighted by Gasteiger charge is -2.00. The highest BCUT2D eigenvalue weighted by Crippen LogP contribution is 2.18. The summed E-state index contributed by atoms with van der Waals surface area (Å²) in [5.74, 6) is 6.00. The molecular weight excluding hydrogens is 238 g/mol. The zero-order chi connectivity index (χ0) is 13.8. The molecular formula is C15H15N3O. The maximum Gasteiger partial charge on any atom is 0.221 e. The molecule has 0 bridgehead atoms. The molecule has 0 aliphatic carbocycles. The topological polar surface area (TPSA) is 46.9 Å². The van der Waals surface area contributed by atoms with Crippen molar-refractivity contribution in [3.8, 4) is 11.8 Å². The molecule has 1 heterocycles. The van der Waals surface area contributed by atoms with Gasteiger partial charge in [-0.05, 0) is 25.0 Å². The van der Waals surface area contributed by atoms with Gasteiger partial charge >= 0.3 is 0 Å². The number of benzene rings is 1. The first-order chi connectivity index (χ1) is 9.08. The fraction of sp³-hybridized carbons (Fsp3) is 0.200.